The average Bonchev–Trinajstić information content (AvgIpc) is 3.94. The third-order valence-corrected chi connectivity index (χ3v) is 14.5. The predicted molar refractivity (Wildman–Crippen MR) is 292 cm³/mol. The van der Waals surface area contributed by atoms with Crippen LogP contribution in [0.25, 0.3) is 143 Å². The quantitative estimate of drug-likeness (QED) is 0.162. The molecule has 5 heteroatoms. The molecule has 3 aromatic heterocycles. The van der Waals surface area contributed by atoms with Gasteiger partial charge in [0.15, 0.2) is 17.5 Å². The van der Waals surface area contributed by atoms with Crippen LogP contribution in [0, 0.1) is 0 Å². The lowest BCUT2D eigenvalue weighted by Crippen LogP contribution is -2.01. The van der Waals surface area contributed by atoms with Crippen molar-refractivity contribution in [1.82, 2.24) is 24.1 Å². The van der Waals surface area contributed by atoms with Gasteiger partial charge in [-0.1, -0.05) is 176 Å². The van der Waals surface area contributed by atoms with Gasteiger partial charge in [-0.15, -0.1) is 0 Å². The second kappa shape index (κ2) is 15.0. The van der Waals surface area contributed by atoms with Gasteiger partial charge in [-0.25, -0.2) is 15.0 Å². The summed E-state index contributed by atoms with van der Waals surface area (Å²) >= 11 is 0. The molecule has 0 bridgehead atoms. The van der Waals surface area contributed by atoms with Gasteiger partial charge in [-0.2, -0.15) is 0 Å². The van der Waals surface area contributed by atoms with Gasteiger partial charge in [0.05, 0.1) is 22.1 Å². The summed E-state index contributed by atoms with van der Waals surface area (Å²) in [4.78, 5) is 15.8. The van der Waals surface area contributed by atoms with Crippen LogP contribution in [-0.2, 0) is 0 Å². The molecule has 0 aliphatic carbocycles. The van der Waals surface area contributed by atoms with Crippen LogP contribution in [0.15, 0.2) is 237 Å². The Morgan fingerprint density at radius 1 is 0.243 bits per heavy atom. The molecule has 0 unspecified atom stereocenters. The Bertz CT molecular complexity index is 4660. The maximum Gasteiger partial charge on any atom is 0.164 e. The van der Waals surface area contributed by atoms with Crippen molar-refractivity contribution in [3.05, 3.63) is 237 Å². The molecule has 0 saturated heterocycles. The fourth-order valence-corrected chi connectivity index (χ4v) is 11.3. The number of fused-ring (bicyclic) bond motifs is 13. The van der Waals surface area contributed by atoms with Crippen LogP contribution in [0.5, 0.6) is 0 Å². The molecule has 0 saturated carbocycles. The van der Waals surface area contributed by atoms with E-state index in [9.17, 15) is 0 Å². The number of hydrogen-bond donors (Lipinski definition) is 0. The predicted octanol–water partition coefficient (Wildman–Crippen LogP) is 16.8. The highest BCUT2D eigenvalue weighted by Gasteiger charge is 2.21. The average molecular weight is 890 g/mol. The van der Waals surface area contributed by atoms with Crippen molar-refractivity contribution in [2.24, 2.45) is 0 Å². The summed E-state index contributed by atoms with van der Waals surface area (Å²) in [7, 11) is 0. The van der Waals surface area contributed by atoms with Crippen molar-refractivity contribution in [3.63, 3.8) is 0 Å². The van der Waals surface area contributed by atoms with E-state index in [0.29, 0.717) is 17.5 Å². The molecule has 0 fully saturated rings. The van der Waals surface area contributed by atoms with Gasteiger partial charge in [0.25, 0.3) is 0 Å². The Balaban J connectivity index is 0.929. The van der Waals surface area contributed by atoms with E-state index in [1.165, 1.54) is 64.9 Å². The van der Waals surface area contributed by atoms with Crippen LogP contribution in [0.3, 0.4) is 0 Å². The van der Waals surface area contributed by atoms with E-state index >= 15 is 0 Å². The van der Waals surface area contributed by atoms with Crippen molar-refractivity contribution < 1.29 is 0 Å². The highest BCUT2D eigenvalue weighted by atomic mass is 15.0. The second-order valence-electron chi connectivity index (χ2n) is 18.4. The van der Waals surface area contributed by atoms with Crippen molar-refractivity contribution in [2.45, 2.75) is 0 Å². The minimum Gasteiger partial charge on any atom is -0.309 e. The Hall–Kier alpha value is -9.45. The molecule has 15 aromatic rings. The third kappa shape index (κ3) is 5.82. The van der Waals surface area contributed by atoms with Gasteiger partial charge in [0.1, 0.15) is 0 Å². The van der Waals surface area contributed by atoms with Crippen LogP contribution in [0.1, 0.15) is 0 Å². The molecule has 324 valence electrons. The lowest BCUT2D eigenvalue weighted by molar-refractivity contribution is 1.08. The van der Waals surface area contributed by atoms with Crippen LogP contribution in [0.2, 0.25) is 0 Å². The molecule has 0 aliphatic heterocycles. The van der Waals surface area contributed by atoms with Gasteiger partial charge in [0, 0.05) is 49.6 Å². The highest BCUT2D eigenvalue weighted by molar-refractivity contribution is 6.22. The monoisotopic (exact) mass is 889 g/mol. The molecule has 0 atom stereocenters. The molecule has 0 amide bonds. The van der Waals surface area contributed by atoms with Gasteiger partial charge < -0.3 is 9.13 Å². The van der Waals surface area contributed by atoms with Gasteiger partial charge in [0.2, 0.25) is 0 Å². The zero-order valence-corrected chi connectivity index (χ0v) is 37.8. The minimum absolute atomic E-state index is 0.633. The van der Waals surface area contributed by atoms with E-state index < -0.39 is 0 Å². The molecule has 5 nitrogen and oxygen atoms in total. The molecular formula is C65H39N5. The van der Waals surface area contributed by atoms with Crippen LogP contribution in [-0.4, -0.2) is 24.1 Å². The summed E-state index contributed by atoms with van der Waals surface area (Å²) in [6.07, 6.45) is 0. The molecular weight excluding hydrogens is 851 g/mol. The Kier molecular flexibility index (Phi) is 8.29. The maximum absolute atomic E-state index is 5.34. The summed E-state index contributed by atoms with van der Waals surface area (Å²) in [5, 5.41) is 16.7. The molecule has 0 spiro atoms. The first kappa shape index (κ1) is 38.6. The van der Waals surface area contributed by atoms with E-state index in [-0.39, 0.29) is 0 Å². The van der Waals surface area contributed by atoms with E-state index in [2.05, 4.69) is 228 Å². The van der Waals surface area contributed by atoms with Crippen molar-refractivity contribution >= 4 is 97.5 Å². The van der Waals surface area contributed by atoms with Gasteiger partial charge >= 0.3 is 0 Å². The summed E-state index contributed by atoms with van der Waals surface area (Å²) in [5.41, 5.74) is 9.78. The molecule has 0 N–H and O–H groups in total. The topological polar surface area (TPSA) is 48.5 Å². The molecule has 70 heavy (non-hydrogen) atoms. The first-order valence-corrected chi connectivity index (χ1v) is 23.8. The summed E-state index contributed by atoms with van der Waals surface area (Å²) in [6.45, 7) is 0. The molecule has 0 aliphatic rings. The van der Waals surface area contributed by atoms with Crippen LogP contribution >= 0.6 is 0 Å². The molecule has 15 rings (SSSR count). The number of para-hydroxylation sites is 1. The van der Waals surface area contributed by atoms with E-state index in [1.54, 1.807) is 0 Å². The molecule has 3 heterocycles. The summed E-state index contributed by atoms with van der Waals surface area (Å²) < 4.78 is 4.88. The van der Waals surface area contributed by atoms with Crippen LogP contribution < -0.4 is 0 Å². The molecule has 12 aromatic carbocycles. The van der Waals surface area contributed by atoms with E-state index in [0.717, 1.165) is 60.6 Å². The maximum atomic E-state index is 5.34. The first-order chi connectivity index (χ1) is 34.7. The normalized spacial score (nSPS) is 12.0. The van der Waals surface area contributed by atoms with Crippen LogP contribution in [0.4, 0.5) is 0 Å². The van der Waals surface area contributed by atoms with Gasteiger partial charge in [-0.05, 0) is 115 Å². The Morgan fingerprint density at radius 3 is 1.64 bits per heavy atom. The Labute approximate surface area is 401 Å². The fraction of sp³-hybridized carbons (Fsp3) is 0. The zero-order valence-electron chi connectivity index (χ0n) is 37.8. The van der Waals surface area contributed by atoms with Gasteiger partial charge in [-0.3, -0.25) is 0 Å². The van der Waals surface area contributed by atoms with E-state index in [1.807, 2.05) is 18.2 Å². The number of aromatic nitrogens is 5. The number of nitrogens with zero attached hydrogens (tertiary/aromatic N) is 5. The highest BCUT2D eigenvalue weighted by Crippen LogP contribution is 2.42. The lowest BCUT2D eigenvalue weighted by atomic mass is 9.96. The van der Waals surface area contributed by atoms with Crippen molar-refractivity contribution in [1.29, 1.82) is 0 Å². The van der Waals surface area contributed by atoms with Crippen molar-refractivity contribution in [3.8, 4) is 45.5 Å². The third-order valence-electron chi connectivity index (χ3n) is 14.5. The number of hydrogen-bond acceptors (Lipinski definition) is 3. The molecule has 0 radical (unpaired) electrons. The first-order valence-electron chi connectivity index (χ1n) is 23.8. The summed E-state index contributed by atoms with van der Waals surface area (Å²) in [5.74, 6) is 1.91. The standard InChI is InChI=1S/C65H39N5/c1-2-16-41(17-3-1)63-66-64(68-65(67-63)57-37-45-20-7-8-22-48(45)51-24-10-11-25-52(51)57)53-27-14-21-44-35-46(30-32-49(44)53)70-59-34-31-47(39-56(59)55-36-42-18-4-5-19-43(42)38-61(55)70)69-58-28-13-12-26-54(58)62-50-23-9-6-15-40(50)29-33-60(62)69/h1-39H. The second-order valence-corrected chi connectivity index (χ2v) is 18.4. The smallest absolute Gasteiger partial charge is 0.164 e. The lowest BCUT2D eigenvalue weighted by Gasteiger charge is -2.14. The SMILES string of the molecule is c1ccc(-c2nc(-c3cccc4cc(-n5c6ccc(-n7c8ccccc8c8c9ccccc9ccc87)cc6c6cc7ccccc7cc65)ccc34)nc(-c3cc4ccccc4c4ccccc34)n2)cc1. The minimum atomic E-state index is 0.633. The summed E-state index contributed by atoms with van der Waals surface area (Å²) in [6, 6.07) is 85.3. The Morgan fingerprint density at radius 2 is 0.800 bits per heavy atom. The zero-order chi connectivity index (χ0) is 45.9. The van der Waals surface area contributed by atoms with Crippen molar-refractivity contribution in [2.75, 3.05) is 0 Å². The number of benzene rings is 12. The number of rotatable bonds is 5. The largest absolute Gasteiger partial charge is 0.309 e. The van der Waals surface area contributed by atoms with E-state index in [4.69, 9.17) is 15.0 Å². The fourth-order valence-electron chi connectivity index (χ4n) is 11.3.